The van der Waals surface area contributed by atoms with Crippen molar-refractivity contribution in [1.29, 1.82) is 0 Å². The van der Waals surface area contributed by atoms with Crippen LogP contribution in [-0.4, -0.2) is 4.57 Å². The molecular weight excluding hydrogens is 611 g/mol. The second-order valence-electron chi connectivity index (χ2n) is 14.9. The van der Waals surface area contributed by atoms with E-state index in [1.807, 2.05) is 11.3 Å². The first-order valence-electron chi connectivity index (χ1n) is 17.6. The topological polar surface area (TPSA) is 4.93 Å². The quantitative estimate of drug-likeness (QED) is 0.176. The van der Waals surface area contributed by atoms with Crippen molar-refractivity contribution in [2.24, 2.45) is 5.92 Å². The van der Waals surface area contributed by atoms with Crippen LogP contribution in [0.5, 0.6) is 0 Å². The van der Waals surface area contributed by atoms with Crippen molar-refractivity contribution in [3.8, 4) is 27.9 Å². The number of benzene rings is 6. The molecule has 2 aromatic heterocycles. The van der Waals surface area contributed by atoms with Gasteiger partial charge in [0.2, 0.25) is 0 Å². The Labute approximate surface area is 290 Å². The van der Waals surface area contributed by atoms with Gasteiger partial charge in [-0.15, -0.1) is 11.3 Å². The van der Waals surface area contributed by atoms with Crippen LogP contribution < -0.4 is 0 Å². The molecule has 6 aromatic carbocycles. The Morgan fingerprint density at radius 2 is 1.43 bits per heavy atom. The minimum absolute atomic E-state index is 0.0138. The Bertz CT molecular complexity index is 2810. The second kappa shape index (κ2) is 9.71. The molecule has 2 heterocycles. The van der Waals surface area contributed by atoms with E-state index in [1.54, 1.807) is 5.57 Å². The zero-order valence-electron chi connectivity index (χ0n) is 28.0. The van der Waals surface area contributed by atoms with Crippen LogP contribution in [0, 0.1) is 5.92 Å². The first-order chi connectivity index (χ1) is 24.0. The number of rotatable bonds is 2. The number of allylic oxidation sites excluding steroid dienone is 4. The van der Waals surface area contributed by atoms with Crippen LogP contribution in [0.4, 0.5) is 0 Å². The maximum Gasteiger partial charge on any atom is 0.0544 e. The van der Waals surface area contributed by atoms with Crippen LogP contribution in [0.25, 0.3) is 75.5 Å². The predicted octanol–water partition coefficient (Wildman–Crippen LogP) is 13.0. The number of fused-ring (bicyclic) bond motifs is 11. The molecule has 0 fully saturated rings. The summed E-state index contributed by atoms with van der Waals surface area (Å²) in [5.41, 5.74) is 18.1. The van der Waals surface area contributed by atoms with Crippen LogP contribution in [0.2, 0.25) is 0 Å². The summed E-state index contributed by atoms with van der Waals surface area (Å²) in [5, 5.41) is 5.34. The highest BCUT2D eigenvalue weighted by atomic mass is 32.1. The molecule has 0 N–H and O–H groups in total. The Balaban J connectivity index is 1.07. The van der Waals surface area contributed by atoms with Crippen LogP contribution >= 0.6 is 11.3 Å². The van der Waals surface area contributed by atoms with E-state index in [0.29, 0.717) is 5.92 Å². The molecule has 0 saturated carbocycles. The normalized spacial score (nSPS) is 17.3. The number of nitrogens with zero attached hydrogens (tertiary/aromatic N) is 1. The van der Waals surface area contributed by atoms with E-state index in [0.717, 1.165) is 12.8 Å². The predicted molar refractivity (Wildman–Crippen MR) is 210 cm³/mol. The molecule has 2 heteroatoms. The maximum atomic E-state index is 2.52. The molecule has 1 atom stereocenters. The lowest BCUT2D eigenvalue weighted by atomic mass is 9.79. The average Bonchev–Trinajstić information content (AvgIpc) is 3.84. The lowest BCUT2D eigenvalue weighted by Gasteiger charge is -2.25. The lowest BCUT2D eigenvalue weighted by molar-refractivity contribution is 0.643. The summed E-state index contributed by atoms with van der Waals surface area (Å²) in [6.45, 7) is 7.22. The molecule has 1 nitrogen and oxygen atoms in total. The minimum Gasteiger partial charge on any atom is -0.309 e. The van der Waals surface area contributed by atoms with Crippen LogP contribution in [-0.2, 0) is 11.8 Å². The van der Waals surface area contributed by atoms with Gasteiger partial charge in [0, 0.05) is 42.0 Å². The molecule has 11 rings (SSSR count). The van der Waals surface area contributed by atoms with Gasteiger partial charge in [-0.1, -0.05) is 112 Å². The van der Waals surface area contributed by atoms with Gasteiger partial charge in [-0.3, -0.25) is 0 Å². The molecule has 49 heavy (non-hydrogen) atoms. The van der Waals surface area contributed by atoms with E-state index in [-0.39, 0.29) is 5.41 Å². The summed E-state index contributed by atoms with van der Waals surface area (Å²) in [4.78, 5) is 0. The summed E-state index contributed by atoms with van der Waals surface area (Å²) >= 11 is 1.92. The van der Waals surface area contributed by atoms with E-state index < -0.39 is 0 Å². The molecule has 8 aromatic rings. The Morgan fingerprint density at radius 3 is 2.35 bits per heavy atom. The monoisotopic (exact) mass is 645 g/mol. The molecule has 3 aliphatic carbocycles. The third-order valence-electron chi connectivity index (χ3n) is 11.9. The fourth-order valence-corrected chi connectivity index (χ4v) is 10.7. The van der Waals surface area contributed by atoms with Crippen molar-refractivity contribution in [2.45, 2.75) is 39.0 Å². The van der Waals surface area contributed by atoms with E-state index in [2.05, 4.69) is 153 Å². The summed E-state index contributed by atoms with van der Waals surface area (Å²) in [6, 6.07) is 43.9. The number of hydrogen-bond acceptors (Lipinski definition) is 1. The van der Waals surface area contributed by atoms with E-state index >= 15 is 0 Å². The highest BCUT2D eigenvalue weighted by Crippen LogP contribution is 2.53. The average molecular weight is 646 g/mol. The third kappa shape index (κ3) is 3.70. The molecule has 3 aliphatic rings. The second-order valence-corrected chi connectivity index (χ2v) is 16.0. The van der Waals surface area contributed by atoms with Gasteiger partial charge in [0.1, 0.15) is 0 Å². The molecule has 0 radical (unpaired) electrons. The molecule has 1 unspecified atom stereocenters. The Morgan fingerprint density at radius 1 is 0.653 bits per heavy atom. The van der Waals surface area contributed by atoms with Gasteiger partial charge in [-0.05, 0) is 111 Å². The number of thiophene rings is 1. The third-order valence-corrected chi connectivity index (χ3v) is 13.0. The number of para-hydroxylation sites is 1. The molecule has 0 saturated heterocycles. The van der Waals surface area contributed by atoms with Crippen molar-refractivity contribution in [2.75, 3.05) is 0 Å². The fraction of sp³-hybridized carbons (Fsp3) is 0.149. The highest BCUT2D eigenvalue weighted by Gasteiger charge is 2.40. The number of hydrogen-bond donors (Lipinski definition) is 0. The van der Waals surface area contributed by atoms with Gasteiger partial charge in [0.05, 0.1) is 11.0 Å². The van der Waals surface area contributed by atoms with Gasteiger partial charge in [0.25, 0.3) is 0 Å². The van der Waals surface area contributed by atoms with E-state index in [4.69, 9.17) is 0 Å². The van der Waals surface area contributed by atoms with Crippen molar-refractivity contribution in [1.82, 2.24) is 4.57 Å². The minimum atomic E-state index is -0.0138. The molecular formula is C47H35NS. The maximum absolute atomic E-state index is 2.52. The largest absolute Gasteiger partial charge is 0.309 e. The van der Waals surface area contributed by atoms with Crippen LogP contribution in [0.3, 0.4) is 0 Å². The van der Waals surface area contributed by atoms with E-state index in [1.165, 1.54) is 97.7 Å². The molecule has 0 spiro atoms. The molecule has 0 amide bonds. The van der Waals surface area contributed by atoms with Crippen molar-refractivity contribution in [3.05, 3.63) is 155 Å². The van der Waals surface area contributed by atoms with Gasteiger partial charge < -0.3 is 4.57 Å². The summed E-state index contributed by atoms with van der Waals surface area (Å²) in [6.07, 6.45) is 6.90. The SMILES string of the molecule is CC1CC=CC2=C1c1cc3c4ccccc4n(-c4ccc5c(c4)sc4cc(-c6cccc7c6Cc6ccccc6-7)ccc45)c3cc1C2(C)C. The zero-order valence-corrected chi connectivity index (χ0v) is 28.8. The fourth-order valence-electron chi connectivity index (χ4n) is 9.50. The smallest absolute Gasteiger partial charge is 0.0544 e. The van der Waals surface area contributed by atoms with Gasteiger partial charge in [0.15, 0.2) is 0 Å². The summed E-state index contributed by atoms with van der Waals surface area (Å²) < 4.78 is 5.19. The Hall–Kier alpha value is -5.18. The molecule has 0 aliphatic heterocycles. The summed E-state index contributed by atoms with van der Waals surface area (Å²) in [5.74, 6) is 0.543. The van der Waals surface area contributed by atoms with Crippen molar-refractivity contribution >= 4 is 58.9 Å². The summed E-state index contributed by atoms with van der Waals surface area (Å²) in [7, 11) is 0. The number of aromatic nitrogens is 1. The zero-order chi connectivity index (χ0) is 32.6. The molecule has 234 valence electrons. The van der Waals surface area contributed by atoms with Crippen molar-refractivity contribution in [3.63, 3.8) is 0 Å². The first-order valence-corrected chi connectivity index (χ1v) is 18.4. The van der Waals surface area contributed by atoms with Crippen molar-refractivity contribution < 1.29 is 0 Å². The highest BCUT2D eigenvalue weighted by molar-refractivity contribution is 7.25. The first kappa shape index (κ1) is 27.7. The Kier molecular flexibility index (Phi) is 5.50. The van der Waals surface area contributed by atoms with Gasteiger partial charge in [-0.2, -0.15) is 0 Å². The molecule has 0 bridgehead atoms. The van der Waals surface area contributed by atoms with Gasteiger partial charge in [-0.25, -0.2) is 0 Å². The lowest BCUT2D eigenvalue weighted by Crippen LogP contribution is -2.17. The van der Waals surface area contributed by atoms with Gasteiger partial charge >= 0.3 is 0 Å². The van der Waals surface area contributed by atoms with Crippen LogP contribution in [0.1, 0.15) is 49.4 Å². The van der Waals surface area contributed by atoms with Crippen LogP contribution in [0.15, 0.2) is 133 Å². The van der Waals surface area contributed by atoms with E-state index in [9.17, 15) is 0 Å². The standard InChI is InChI=1S/C47H35NS/c1-27-10-8-16-40-46(27)39-25-38-34-13-6-7-17-42(34)48(43(38)26-41(39)47(40,2)3)30-19-21-36-35-20-18-29(23-44(35)49-45(36)24-30)32-14-9-15-33-31-12-5-4-11-28(31)22-37(32)33/h4-9,11-21,23-27H,10,22H2,1-3H3.